The van der Waals surface area contributed by atoms with Gasteiger partial charge in [0.2, 0.25) is 10.0 Å². The lowest BCUT2D eigenvalue weighted by molar-refractivity contribution is 0.186. The molecule has 1 fully saturated rings. The number of hydrogen-bond acceptors (Lipinski definition) is 3. The number of rotatable bonds is 3. The van der Waals surface area contributed by atoms with Crippen LogP contribution < -0.4 is 5.56 Å². The van der Waals surface area contributed by atoms with Gasteiger partial charge in [0.25, 0.3) is 5.56 Å². The maximum atomic E-state index is 13.2. The van der Waals surface area contributed by atoms with E-state index in [1.807, 2.05) is 24.3 Å². The third-order valence-corrected chi connectivity index (χ3v) is 8.28. The topological polar surface area (TPSA) is 59.4 Å². The summed E-state index contributed by atoms with van der Waals surface area (Å²) in [5, 5.41) is 0.610. The van der Waals surface area contributed by atoms with Gasteiger partial charge in [0.1, 0.15) is 5.82 Å². The Hall–Kier alpha value is -2.48. The number of aromatic nitrogens is 1. The van der Waals surface area contributed by atoms with Crippen LogP contribution in [0.3, 0.4) is 0 Å². The number of sulfonamides is 1. The molecule has 2 unspecified atom stereocenters. The molecule has 1 saturated heterocycles. The Labute approximate surface area is 184 Å². The number of benzene rings is 2. The molecule has 0 spiro atoms. The number of fused-ring (bicyclic) bond motifs is 4. The van der Waals surface area contributed by atoms with Crippen molar-refractivity contribution < 1.29 is 12.8 Å². The molecule has 2 aliphatic rings. The molecule has 2 bridgehead atoms. The van der Waals surface area contributed by atoms with Crippen molar-refractivity contribution in [2.45, 2.75) is 23.8 Å². The maximum absolute atomic E-state index is 13.2. The Morgan fingerprint density at radius 3 is 2.32 bits per heavy atom. The molecule has 2 aliphatic heterocycles. The van der Waals surface area contributed by atoms with Crippen LogP contribution >= 0.6 is 11.6 Å². The second-order valence-corrected chi connectivity index (χ2v) is 10.5. The van der Waals surface area contributed by atoms with Gasteiger partial charge in [0.15, 0.2) is 0 Å². The third kappa shape index (κ3) is 3.60. The molecule has 0 aliphatic carbocycles. The molecule has 8 heteroatoms. The van der Waals surface area contributed by atoms with Gasteiger partial charge < -0.3 is 4.57 Å². The zero-order valence-corrected chi connectivity index (χ0v) is 18.1. The van der Waals surface area contributed by atoms with Crippen LogP contribution in [0.1, 0.15) is 18.0 Å². The minimum atomic E-state index is -3.72. The van der Waals surface area contributed by atoms with E-state index in [2.05, 4.69) is 0 Å². The Morgan fingerprint density at radius 1 is 0.903 bits per heavy atom. The van der Waals surface area contributed by atoms with E-state index in [0.29, 0.717) is 30.2 Å². The standard InChI is InChI=1S/C23H20ClFN2O3S/c24-18-3-1-16(2-4-18)21-9-10-22-17-11-15(13-27(22)23(21)28)12-26(14-17)31(29,30)20-7-5-19(25)6-8-20/h1-10,15,17H,11-14H2. The van der Waals surface area contributed by atoms with Crippen molar-refractivity contribution in [1.82, 2.24) is 8.87 Å². The fraction of sp³-hybridized carbons (Fsp3) is 0.261. The molecule has 0 amide bonds. The minimum Gasteiger partial charge on any atom is -0.311 e. The number of pyridine rings is 1. The molecular weight excluding hydrogens is 439 g/mol. The fourth-order valence-corrected chi connectivity index (χ4v) is 6.39. The third-order valence-electron chi connectivity index (χ3n) is 6.18. The molecule has 2 atom stereocenters. The second-order valence-electron chi connectivity index (χ2n) is 8.17. The molecule has 5 nitrogen and oxygen atoms in total. The summed E-state index contributed by atoms with van der Waals surface area (Å²) >= 11 is 5.97. The molecule has 3 aromatic rings. The highest BCUT2D eigenvalue weighted by molar-refractivity contribution is 7.89. The lowest BCUT2D eigenvalue weighted by Crippen LogP contribution is -2.49. The normalized spacial score (nSPS) is 21.0. The summed E-state index contributed by atoms with van der Waals surface area (Å²) in [7, 11) is -3.72. The zero-order valence-electron chi connectivity index (χ0n) is 16.5. The highest BCUT2D eigenvalue weighted by Crippen LogP contribution is 2.37. The van der Waals surface area contributed by atoms with E-state index in [0.717, 1.165) is 29.8 Å². The van der Waals surface area contributed by atoms with Crippen LogP contribution in [0.5, 0.6) is 0 Å². The summed E-state index contributed by atoms with van der Waals surface area (Å²) in [5.41, 5.74) is 2.21. The summed E-state index contributed by atoms with van der Waals surface area (Å²) in [4.78, 5) is 13.3. The molecular formula is C23H20ClFN2O3S. The van der Waals surface area contributed by atoms with Crippen molar-refractivity contribution in [1.29, 1.82) is 0 Å². The number of halogens is 2. The van der Waals surface area contributed by atoms with Gasteiger partial charge in [-0.25, -0.2) is 12.8 Å². The van der Waals surface area contributed by atoms with Crippen molar-refractivity contribution >= 4 is 21.6 Å². The van der Waals surface area contributed by atoms with Gasteiger partial charge >= 0.3 is 0 Å². The van der Waals surface area contributed by atoms with E-state index in [1.165, 1.54) is 16.4 Å². The highest BCUT2D eigenvalue weighted by Gasteiger charge is 2.39. The molecule has 2 aromatic carbocycles. The van der Waals surface area contributed by atoms with E-state index in [9.17, 15) is 17.6 Å². The van der Waals surface area contributed by atoms with Crippen LogP contribution in [0.2, 0.25) is 5.02 Å². The van der Waals surface area contributed by atoms with Gasteiger partial charge in [-0.2, -0.15) is 4.31 Å². The van der Waals surface area contributed by atoms with Gasteiger partial charge in [-0.1, -0.05) is 23.7 Å². The maximum Gasteiger partial charge on any atom is 0.258 e. The lowest BCUT2D eigenvalue weighted by Gasteiger charge is -2.42. The summed E-state index contributed by atoms with van der Waals surface area (Å²) in [5.74, 6) is -0.492. The van der Waals surface area contributed by atoms with Crippen LogP contribution in [-0.4, -0.2) is 30.4 Å². The van der Waals surface area contributed by atoms with Crippen molar-refractivity contribution in [3.63, 3.8) is 0 Å². The average Bonchev–Trinajstić information content (AvgIpc) is 2.75. The Balaban J connectivity index is 1.48. The summed E-state index contributed by atoms with van der Waals surface area (Å²) in [6.07, 6.45) is 0.842. The van der Waals surface area contributed by atoms with Gasteiger partial charge in [-0.15, -0.1) is 0 Å². The predicted molar refractivity (Wildman–Crippen MR) is 117 cm³/mol. The molecule has 160 valence electrons. The van der Waals surface area contributed by atoms with Crippen molar-refractivity contribution in [2.24, 2.45) is 5.92 Å². The van der Waals surface area contributed by atoms with E-state index in [-0.39, 0.29) is 22.3 Å². The van der Waals surface area contributed by atoms with Gasteiger partial charge in [0, 0.05) is 41.8 Å². The van der Waals surface area contributed by atoms with Crippen molar-refractivity contribution in [3.05, 3.63) is 87.6 Å². The van der Waals surface area contributed by atoms with Crippen molar-refractivity contribution in [3.8, 4) is 11.1 Å². The summed E-state index contributed by atoms with van der Waals surface area (Å²) < 4.78 is 42.7. The first-order chi connectivity index (χ1) is 14.8. The smallest absolute Gasteiger partial charge is 0.258 e. The molecule has 0 N–H and O–H groups in total. The first kappa shape index (κ1) is 20.4. The zero-order chi connectivity index (χ0) is 21.8. The summed E-state index contributed by atoms with van der Waals surface area (Å²) in [6, 6.07) is 15.8. The highest BCUT2D eigenvalue weighted by atomic mass is 35.5. The van der Waals surface area contributed by atoms with E-state index in [1.54, 1.807) is 16.7 Å². The second kappa shape index (κ2) is 7.58. The molecule has 3 heterocycles. The van der Waals surface area contributed by atoms with E-state index in [4.69, 9.17) is 11.6 Å². The lowest BCUT2D eigenvalue weighted by atomic mass is 9.84. The molecule has 0 radical (unpaired) electrons. The Bertz CT molecular complexity index is 1300. The molecule has 31 heavy (non-hydrogen) atoms. The Morgan fingerprint density at radius 2 is 1.61 bits per heavy atom. The SMILES string of the molecule is O=c1c(-c2ccc(Cl)cc2)ccc2n1CC1CC2CN(S(=O)(=O)c2ccc(F)cc2)C1. The predicted octanol–water partition coefficient (Wildman–Crippen LogP) is 4.12. The number of hydrogen-bond donors (Lipinski definition) is 0. The largest absolute Gasteiger partial charge is 0.311 e. The van der Waals surface area contributed by atoms with Crippen LogP contribution in [0.15, 0.2) is 70.4 Å². The fourth-order valence-electron chi connectivity index (χ4n) is 4.70. The van der Waals surface area contributed by atoms with E-state index < -0.39 is 15.8 Å². The average molecular weight is 459 g/mol. The first-order valence-corrected chi connectivity index (χ1v) is 11.9. The molecule has 5 rings (SSSR count). The van der Waals surface area contributed by atoms with Crippen LogP contribution in [-0.2, 0) is 16.6 Å². The monoisotopic (exact) mass is 458 g/mol. The molecule has 0 saturated carbocycles. The van der Waals surface area contributed by atoms with Gasteiger partial charge in [0.05, 0.1) is 4.90 Å². The number of nitrogens with zero attached hydrogens (tertiary/aromatic N) is 2. The molecule has 1 aromatic heterocycles. The van der Waals surface area contributed by atoms with Crippen LogP contribution in [0.25, 0.3) is 11.1 Å². The van der Waals surface area contributed by atoms with Crippen molar-refractivity contribution in [2.75, 3.05) is 13.1 Å². The number of piperidine rings is 1. The van der Waals surface area contributed by atoms with E-state index >= 15 is 0 Å². The quantitative estimate of drug-likeness (QED) is 0.593. The summed E-state index contributed by atoms with van der Waals surface area (Å²) in [6.45, 7) is 1.12. The van der Waals surface area contributed by atoms with Gasteiger partial charge in [-0.05, 0) is 66.4 Å². The minimum absolute atomic E-state index is 0.0413. The van der Waals surface area contributed by atoms with Gasteiger partial charge in [-0.3, -0.25) is 4.79 Å². The van der Waals surface area contributed by atoms with Crippen LogP contribution in [0, 0.1) is 11.7 Å². The first-order valence-electron chi connectivity index (χ1n) is 10.1. The van der Waals surface area contributed by atoms with Crippen LogP contribution in [0.4, 0.5) is 4.39 Å². The Kier molecular flexibility index (Phi) is 5.00.